The van der Waals surface area contributed by atoms with E-state index in [1.165, 1.54) is 19.2 Å². The van der Waals surface area contributed by atoms with Gasteiger partial charge in [0, 0.05) is 26.1 Å². The summed E-state index contributed by atoms with van der Waals surface area (Å²) in [6.07, 6.45) is 1.23. The SMILES string of the molecule is CC1CCN(CCN(C)C[C@H]2O[C@@H](Cc3ncnc(N)c3NCN)[C@H](O)[C@@H]2O)CC1. The Hall–Kier alpha value is -1.56. The van der Waals surface area contributed by atoms with Crippen molar-refractivity contribution in [2.24, 2.45) is 11.7 Å². The Bertz CT molecular complexity index is 672. The zero-order chi connectivity index (χ0) is 21.7. The van der Waals surface area contributed by atoms with Crippen molar-refractivity contribution in [3.8, 4) is 0 Å². The molecule has 0 unspecified atom stereocenters. The minimum atomic E-state index is -0.992. The number of anilines is 2. The lowest BCUT2D eigenvalue weighted by Gasteiger charge is -2.32. The lowest BCUT2D eigenvalue weighted by atomic mass is 9.99. The van der Waals surface area contributed by atoms with E-state index in [9.17, 15) is 10.2 Å². The number of nitrogens with one attached hydrogen (secondary N) is 1. The van der Waals surface area contributed by atoms with Crippen molar-refractivity contribution in [3.05, 3.63) is 12.0 Å². The van der Waals surface area contributed by atoms with Gasteiger partial charge in [0.05, 0.1) is 30.3 Å². The number of aliphatic hydroxyl groups is 2. The number of nitrogen functional groups attached to an aromatic ring is 1. The number of nitrogens with two attached hydrogens (primary N) is 2. The molecule has 10 heteroatoms. The Labute approximate surface area is 178 Å². The Morgan fingerprint density at radius 2 is 1.93 bits per heavy atom. The van der Waals surface area contributed by atoms with Crippen LogP contribution in [-0.2, 0) is 11.2 Å². The highest BCUT2D eigenvalue weighted by Crippen LogP contribution is 2.28. The van der Waals surface area contributed by atoms with Gasteiger partial charge in [-0.1, -0.05) is 6.92 Å². The van der Waals surface area contributed by atoms with Gasteiger partial charge in [-0.25, -0.2) is 9.97 Å². The first-order valence-corrected chi connectivity index (χ1v) is 10.8. The van der Waals surface area contributed by atoms with Crippen molar-refractivity contribution < 1.29 is 14.9 Å². The van der Waals surface area contributed by atoms with Gasteiger partial charge in [0.1, 0.15) is 18.5 Å². The number of likely N-dealkylation sites (N-methyl/N-ethyl adjacent to an activating group) is 1. The molecule has 0 aliphatic carbocycles. The summed E-state index contributed by atoms with van der Waals surface area (Å²) in [5, 5.41) is 24.0. The van der Waals surface area contributed by atoms with Gasteiger partial charge < -0.3 is 41.5 Å². The van der Waals surface area contributed by atoms with Crippen LogP contribution in [0.5, 0.6) is 0 Å². The molecular weight excluding hydrogens is 386 g/mol. The number of ether oxygens (including phenoxy) is 1. The molecule has 2 fully saturated rings. The van der Waals surface area contributed by atoms with Crippen molar-refractivity contribution in [2.45, 2.75) is 50.6 Å². The molecule has 2 aliphatic heterocycles. The van der Waals surface area contributed by atoms with E-state index < -0.39 is 24.4 Å². The van der Waals surface area contributed by atoms with E-state index in [1.54, 1.807) is 0 Å². The van der Waals surface area contributed by atoms with E-state index in [0.717, 1.165) is 32.1 Å². The second-order valence-electron chi connectivity index (χ2n) is 8.65. The molecule has 0 spiro atoms. The molecule has 3 heterocycles. The smallest absolute Gasteiger partial charge is 0.150 e. The zero-order valence-corrected chi connectivity index (χ0v) is 18.1. The number of aliphatic hydroxyl groups excluding tert-OH is 2. The molecule has 30 heavy (non-hydrogen) atoms. The topological polar surface area (TPSA) is 146 Å². The van der Waals surface area contributed by atoms with Crippen LogP contribution in [0.1, 0.15) is 25.5 Å². The van der Waals surface area contributed by atoms with Gasteiger partial charge in [0.25, 0.3) is 0 Å². The van der Waals surface area contributed by atoms with E-state index in [-0.39, 0.29) is 6.67 Å². The summed E-state index contributed by atoms with van der Waals surface area (Å²) >= 11 is 0. The van der Waals surface area contributed by atoms with Gasteiger partial charge in [-0.2, -0.15) is 0 Å². The monoisotopic (exact) mass is 423 g/mol. The van der Waals surface area contributed by atoms with Crippen LogP contribution in [-0.4, -0.2) is 101 Å². The molecule has 7 N–H and O–H groups in total. The largest absolute Gasteiger partial charge is 0.388 e. The summed E-state index contributed by atoms with van der Waals surface area (Å²) in [5.41, 5.74) is 12.6. The average molecular weight is 424 g/mol. The fourth-order valence-electron chi connectivity index (χ4n) is 4.22. The van der Waals surface area contributed by atoms with Gasteiger partial charge in [-0.05, 0) is 38.9 Å². The van der Waals surface area contributed by atoms with Gasteiger partial charge in [0.2, 0.25) is 0 Å². The number of rotatable bonds is 9. The molecule has 170 valence electrons. The maximum absolute atomic E-state index is 10.5. The molecule has 0 bridgehead atoms. The highest BCUT2D eigenvalue weighted by Gasteiger charge is 2.43. The fourth-order valence-corrected chi connectivity index (χ4v) is 4.22. The van der Waals surface area contributed by atoms with Crippen molar-refractivity contribution in [1.82, 2.24) is 19.8 Å². The number of aromatic nitrogens is 2. The zero-order valence-electron chi connectivity index (χ0n) is 18.1. The Morgan fingerprint density at radius 1 is 1.23 bits per heavy atom. The Kier molecular flexibility index (Phi) is 8.20. The molecule has 0 amide bonds. The Balaban J connectivity index is 1.52. The normalized spacial score (nSPS) is 28.3. The van der Waals surface area contributed by atoms with Crippen LogP contribution >= 0.6 is 0 Å². The molecule has 4 atom stereocenters. The van der Waals surface area contributed by atoms with Crippen molar-refractivity contribution >= 4 is 11.5 Å². The van der Waals surface area contributed by atoms with Crippen LogP contribution < -0.4 is 16.8 Å². The van der Waals surface area contributed by atoms with Crippen LogP contribution in [0.3, 0.4) is 0 Å². The van der Waals surface area contributed by atoms with Crippen molar-refractivity contribution in [1.29, 1.82) is 0 Å². The quantitative estimate of drug-likeness (QED) is 0.316. The molecule has 1 aromatic rings. The summed E-state index contributed by atoms with van der Waals surface area (Å²) in [6.45, 7) is 7.26. The van der Waals surface area contributed by atoms with Crippen LogP contribution in [0.4, 0.5) is 11.5 Å². The van der Waals surface area contributed by atoms with Crippen LogP contribution in [0.15, 0.2) is 6.33 Å². The van der Waals surface area contributed by atoms with E-state index >= 15 is 0 Å². The average Bonchev–Trinajstić information content (AvgIpc) is 2.98. The van der Waals surface area contributed by atoms with Crippen LogP contribution in [0.25, 0.3) is 0 Å². The first kappa shape index (κ1) is 23.1. The van der Waals surface area contributed by atoms with Crippen LogP contribution in [0.2, 0.25) is 0 Å². The third kappa shape index (κ3) is 5.77. The molecule has 2 saturated heterocycles. The molecule has 3 rings (SSSR count). The van der Waals surface area contributed by atoms with E-state index in [0.29, 0.717) is 30.2 Å². The minimum absolute atomic E-state index is 0.185. The number of likely N-dealkylation sites (tertiary alicyclic amines) is 1. The minimum Gasteiger partial charge on any atom is -0.388 e. The summed E-state index contributed by atoms with van der Waals surface area (Å²) in [6, 6.07) is 0. The molecular formula is C20H37N7O3. The molecule has 10 nitrogen and oxygen atoms in total. The highest BCUT2D eigenvalue weighted by atomic mass is 16.5. The first-order chi connectivity index (χ1) is 14.4. The van der Waals surface area contributed by atoms with Gasteiger partial charge >= 0.3 is 0 Å². The number of piperidine rings is 1. The molecule has 1 aromatic heterocycles. The molecule has 0 radical (unpaired) electrons. The summed E-state index contributed by atoms with van der Waals surface area (Å²) in [5.74, 6) is 1.12. The summed E-state index contributed by atoms with van der Waals surface area (Å²) in [4.78, 5) is 12.9. The molecule has 0 saturated carbocycles. The van der Waals surface area contributed by atoms with Crippen molar-refractivity contribution in [3.63, 3.8) is 0 Å². The van der Waals surface area contributed by atoms with Gasteiger partial charge in [-0.3, -0.25) is 0 Å². The predicted octanol–water partition coefficient (Wildman–Crippen LogP) is -0.918. The highest BCUT2D eigenvalue weighted by molar-refractivity contribution is 5.64. The van der Waals surface area contributed by atoms with E-state index in [1.807, 2.05) is 7.05 Å². The van der Waals surface area contributed by atoms with Gasteiger partial charge in [-0.15, -0.1) is 0 Å². The third-order valence-electron chi connectivity index (χ3n) is 6.26. The standard InChI is InChI=1S/C20H37N7O3/c1-13-3-5-27(6-4-13)8-7-26(2)10-16-19(29)18(28)15(30-16)9-14-17(23-11-21)20(22)25-12-24-14/h12-13,15-16,18-19,23,28-29H,3-11,21H2,1-2H3,(H2,22,24,25)/t15-,16+,18-,19+/m0/s1. The lowest BCUT2D eigenvalue weighted by molar-refractivity contribution is -0.00815. The van der Waals surface area contributed by atoms with E-state index in [4.69, 9.17) is 16.2 Å². The predicted molar refractivity (Wildman–Crippen MR) is 116 cm³/mol. The number of hydrogen-bond acceptors (Lipinski definition) is 10. The molecule has 0 aromatic carbocycles. The Morgan fingerprint density at radius 3 is 2.63 bits per heavy atom. The first-order valence-electron chi connectivity index (χ1n) is 10.8. The van der Waals surface area contributed by atoms with Crippen LogP contribution in [0, 0.1) is 5.92 Å². The van der Waals surface area contributed by atoms with E-state index in [2.05, 4.69) is 32.0 Å². The number of nitrogens with zero attached hydrogens (tertiary/aromatic N) is 4. The second-order valence-corrected chi connectivity index (χ2v) is 8.65. The second kappa shape index (κ2) is 10.7. The van der Waals surface area contributed by atoms with Crippen molar-refractivity contribution in [2.75, 3.05) is 57.5 Å². The number of hydrogen-bond donors (Lipinski definition) is 5. The maximum atomic E-state index is 10.5. The lowest BCUT2D eigenvalue weighted by Crippen LogP contribution is -2.42. The third-order valence-corrected chi connectivity index (χ3v) is 6.26. The fraction of sp³-hybridized carbons (Fsp3) is 0.800. The summed E-state index contributed by atoms with van der Waals surface area (Å²) in [7, 11) is 2.02. The maximum Gasteiger partial charge on any atom is 0.150 e. The molecule has 2 aliphatic rings. The van der Waals surface area contributed by atoms with Gasteiger partial charge in [0.15, 0.2) is 5.82 Å². The summed E-state index contributed by atoms with van der Waals surface area (Å²) < 4.78 is 6.02.